The molecule has 15 heavy (non-hydrogen) atoms. The molecule has 76 valence electrons. The van der Waals surface area contributed by atoms with Crippen LogP contribution in [-0.2, 0) is 4.79 Å². The van der Waals surface area contributed by atoms with E-state index in [0.29, 0.717) is 36.8 Å². The molecule has 2 heterocycles. The fourth-order valence-corrected chi connectivity index (χ4v) is 1.60. The predicted octanol–water partition coefficient (Wildman–Crippen LogP) is 0.436. The minimum Gasteiger partial charge on any atom is -0.349 e. The first-order valence-corrected chi connectivity index (χ1v) is 4.71. The average molecular weight is 202 g/mol. The quantitative estimate of drug-likeness (QED) is 0.660. The summed E-state index contributed by atoms with van der Waals surface area (Å²) in [6, 6.07) is 3.60. The number of aromatic nitrogens is 2. The minimum absolute atomic E-state index is 0.213. The smallest absolute Gasteiger partial charge is 0.153 e. The first-order chi connectivity index (χ1) is 7.19. The van der Waals surface area contributed by atoms with Gasteiger partial charge in [0.05, 0.1) is 6.54 Å². The van der Waals surface area contributed by atoms with Gasteiger partial charge in [-0.2, -0.15) is 5.26 Å². The van der Waals surface area contributed by atoms with Crippen molar-refractivity contribution in [3.8, 4) is 6.07 Å². The van der Waals surface area contributed by atoms with Crippen LogP contribution < -0.4 is 4.90 Å². The van der Waals surface area contributed by atoms with Gasteiger partial charge < -0.3 is 4.90 Å². The zero-order chi connectivity index (χ0) is 10.8. The van der Waals surface area contributed by atoms with Crippen LogP contribution in [0, 0.1) is 18.3 Å². The molecule has 0 bridgehead atoms. The summed E-state index contributed by atoms with van der Waals surface area (Å²) in [5.41, 5.74) is 0.344. The maximum atomic E-state index is 11.1. The molecule has 0 radical (unpaired) electrons. The van der Waals surface area contributed by atoms with Gasteiger partial charge in [-0.15, -0.1) is 0 Å². The van der Waals surface area contributed by atoms with Crippen molar-refractivity contribution >= 4 is 11.6 Å². The van der Waals surface area contributed by atoms with Crippen LogP contribution in [0.1, 0.15) is 17.9 Å². The number of carbonyl (C=O) groups is 1. The zero-order valence-corrected chi connectivity index (χ0v) is 8.40. The second kappa shape index (κ2) is 3.65. The number of anilines is 1. The van der Waals surface area contributed by atoms with Crippen molar-refractivity contribution in [2.45, 2.75) is 13.3 Å². The van der Waals surface area contributed by atoms with E-state index in [0.717, 1.165) is 0 Å². The number of nitriles is 1. The summed E-state index contributed by atoms with van der Waals surface area (Å²) in [5.74, 6) is 1.44. The second-order valence-corrected chi connectivity index (χ2v) is 3.48. The Morgan fingerprint density at radius 2 is 2.33 bits per heavy atom. The zero-order valence-electron chi connectivity index (χ0n) is 8.40. The first-order valence-electron chi connectivity index (χ1n) is 4.71. The van der Waals surface area contributed by atoms with E-state index >= 15 is 0 Å². The Bertz CT molecular complexity index is 449. The molecule has 1 aromatic rings. The average Bonchev–Trinajstić information content (AvgIpc) is 2.64. The molecular formula is C10H10N4O. The molecule has 1 fully saturated rings. The molecule has 5 nitrogen and oxygen atoms in total. The van der Waals surface area contributed by atoms with Crippen LogP contribution in [-0.4, -0.2) is 28.8 Å². The summed E-state index contributed by atoms with van der Waals surface area (Å²) in [4.78, 5) is 21.2. The van der Waals surface area contributed by atoms with Crippen molar-refractivity contribution in [3.05, 3.63) is 17.6 Å². The molecule has 0 N–H and O–H groups in total. The van der Waals surface area contributed by atoms with Crippen molar-refractivity contribution in [1.82, 2.24) is 9.97 Å². The van der Waals surface area contributed by atoms with E-state index in [1.807, 2.05) is 11.0 Å². The van der Waals surface area contributed by atoms with Crippen molar-refractivity contribution in [3.63, 3.8) is 0 Å². The summed E-state index contributed by atoms with van der Waals surface area (Å²) in [6.07, 6.45) is 0.560. The highest BCUT2D eigenvalue weighted by molar-refractivity contribution is 5.86. The molecule has 1 aromatic heterocycles. The normalized spacial score (nSPS) is 15.5. The van der Waals surface area contributed by atoms with E-state index in [9.17, 15) is 4.79 Å². The summed E-state index contributed by atoms with van der Waals surface area (Å²) in [6.45, 7) is 2.81. The van der Waals surface area contributed by atoms with Gasteiger partial charge in [0.2, 0.25) is 0 Å². The van der Waals surface area contributed by atoms with Crippen molar-refractivity contribution in [2.24, 2.45) is 0 Å². The van der Waals surface area contributed by atoms with Crippen LogP contribution in [0.5, 0.6) is 0 Å². The van der Waals surface area contributed by atoms with Gasteiger partial charge in [-0.3, -0.25) is 4.79 Å². The largest absolute Gasteiger partial charge is 0.349 e. The first kappa shape index (κ1) is 9.59. The molecule has 0 amide bonds. The summed E-state index contributed by atoms with van der Waals surface area (Å²) >= 11 is 0. The second-order valence-electron chi connectivity index (χ2n) is 3.48. The molecule has 0 aromatic carbocycles. The number of hydrogen-bond acceptors (Lipinski definition) is 5. The van der Waals surface area contributed by atoms with Gasteiger partial charge >= 0.3 is 0 Å². The molecule has 5 heteroatoms. The third-order valence-corrected chi connectivity index (χ3v) is 2.29. The van der Waals surface area contributed by atoms with Gasteiger partial charge in [-0.1, -0.05) is 0 Å². The molecular weight excluding hydrogens is 192 g/mol. The lowest BCUT2D eigenvalue weighted by Gasteiger charge is -2.15. The SMILES string of the molecule is Cc1nc(C#N)cc(N2CCC(=O)C2)n1. The van der Waals surface area contributed by atoms with Gasteiger partial charge in [0.25, 0.3) is 0 Å². The number of rotatable bonds is 1. The Morgan fingerprint density at radius 3 is 2.93 bits per heavy atom. The van der Waals surface area contributed by atoms with E-state index in [-0.39, 0.29) is 5.78 Å². The van der Waals surface area contributed by atoms with Gasteiger partial charge in [0.1, 0.15) is 23.4 Å². The lowest BCUT2D eigenvalue weighted by atomic mass is 10.4. The topological polar surface area (TPSA) is 69.9 Å². The van der Waals surface area contributed by atoms with Crippen LogP contribution in [0.25, 0.3) is 0 Å². The third-order valence-electron chi connectivity index (χ3n) is 2.29. The molecule has 2 rings (SSSR count). The van der Waals surface area contributed by atoms with Crippen LogP contribution in [0.3, 0.4) is 0 Å². The van der Waals surface area contributed by atoms with E-state index in [2.05, 4.69) is 9.97 Å². The Kier molecular flexibility index (Phi) is 2.34. The molecule has 0 aliphatic carbocycles. The van der Waals surface area contributed by atoms with E-state index < -0.39 is 0 Å². The Hall–Kier alpha value is -1.96. The van der Waals surface area contributed by atoms with Crippen LogP contribution in [0.2, 0.25) is 0 Å². The molecule has 0 atom stereocenters. The highest BCUT2D eigenvalue weighted by Gasteiger charge is 2.21. The maximum Gasteiger partial charge on any atom is 0.153 e. The number of ketones is 1. The predicted molar refractivity (Wildman–Crippen MR) is 53.3 cm³/mol. The Balaban J connectivity index is 2.32. The third kappa shape index (κ3) is 1.94. The number of Topliss-reactive ketones (excluding diaryl/α,β-unsaturated/α-hetero) is 1. The summed E-state index contributed by atoms with van der Waals surface area (Å²) in [5, 5.41) is 8.76. The standard InChI is InChI=1S/C10H10N4O/c1-7-12-8(5-11)4-10(13-7)14-3-2-9(15)6-14/h4H,2-3,6H2,1H3. The number of hydrogen-bond donors (Lipinski definition) is 0. The highest BCUT2D eigenvalue weighted by Crippen LogP contribution is 2.16. The van der Waals surface area contributed by atoms with E-state index in [4.69, 9.17) is 5.26 Å². The van der Waals surface area contributed by atoms with E-state index in [1.165, 1.54) is 0 Å². The van der Waals surface area contributed by atoms with Gasteiger partial charge in [0.15, 0.2) is 5.78 Å². The van der Waals surface area contributed by atoms with Crippen molar-refractivity contribution in [2.75, 3.05) is 18.0 Å². The maximum absolute atomic E-state index is 11.1. The number of carbonyl (C=O) groups excluding carboxylic acids is 1. The van der Waals surface area contributed by atoms with Crippen molar-refractivity contribution in [1.29, 1.82) is 5.26 Å². The van der Waals surface area contributed by atoms with Gasteiger partial charge in [-0.05, 0) is 6.92 Å². The molecule has 0 spiro atoms. The van der Waals surface area contributed by atoms with Crippen LogP contribution in [0.15, 0.2) is 6.07 Å². The highest BCUT2D eigenvalue weighted by atomic mass is 16.1. The fourth-order valence-electron chi connectivity index (χ4n) is 1.60. The lowest BCUT2D eigenvalue weighted by Crippen LogP contribution is -2.21. The molecule has 0 saturated carbocycles. The molecule has 0 unspecified atom stereocenters. The van der Waals surface area contributed by atoms with E-state index in [1.54, 1.807) is 13.0 Å². The fraction of sp³-hybridized carbons (Fsp3) is 0.400. The molecule has 1 saturated heterocycles. The minimum atomic E-state index is 0.213. The Morgan fingerprint density at radius 1 is 1.53 bits per heavy atom. The summed E-state index contributed by atoms with van der Waals surface area (Å²) < 4.78 is 0. The molecule has 1 aliphatic heterocycles. The van der Waals surface area contributed by atoms with Crippen molar-refractivity contribution < 1.29 is 4.79 Å². The van der Waals surface area contributed by atoms with Crippen LogP contribution in [0.4, 0.5) is 5.82 Å². The molecule has 1 aliphatic rings. The monoisotopic (exact) mass is 202 g/mol. The summed E-state index contributed by atoms with van der Waals surface area (Å²) in [7, 11) is 0. The van der Waals surface area contributed by atoms with Crippen LogP contribution >= 0.6 is 0 Å². The van der Waals surface area contributed by atoms with Gasteiger partial charge in [-0.25, -0.2) is 9.97 Å². The lowest BCUT2D eigenvalue weighted by molar-refractivity contribution is -0.116. The number of aryl methyl sites for hydroxylation is 1. The number of nitrogens with zero attached hydrogens (tertiary/aromatic N) is 4. The van der Waals surface area contributed by atoms with Gasteiger partial charge in [0, 0.05) is 19.0 Å². The Labute approximate surface area is 87.4 Å².